The molecule has 0 saturated carbocycles. The number of hydrogen-bond acceptors (Lipinski definition) is 4. The highest BCUT2D eigenvalue weighted by Gasteiger charge is 1.90. The zero-order chi connectivity index (χ0) is 12.8. The summed E-state index contributed by atoms with van der Waals surface area (Å²) in [6.07, 6.45) is 3.08. The van der Waals surface area contributed by atoms with Gasteiger partial charge in [-0.3, -0.25) is 0 Å². The third-order valence-electron chi connectivity index (χ3n) is 2.22. The summed E-state index contributed by atoms with van der Waals surface area (Å²) in [4.78, 5) is 0. The van der Waals surface area contributed by atoms with Gasteiger partial charge in [-0.1, -0.05) is 24.3 Å². The summed E-state index contributed by atoms with van der Waals surface area (Å²) >= 11 is 0. The Bertz CT molecular complexity index is 538. The molecule has 0 bridgehead atoms. The van der Waals surface area contributed by atoms with Crippen LogP contribution in [0.3, 0.4) is 0 Å². The molecular weight excluding hydrogens is 228 g/mol. The molecule has 0 heterocycles. The Balaban J connectivity index is 2.03. The van der Waals surface area contributed by atoms with E-state index in [4.69, 9.17) is 0 Å². The van der Waals surface area contributed by atoms with E-state index in [1.54, 1.807) is 48.8 Å². The topological polar surface area (TPSA) is 65.2 Å². The first-order chi connectivity index (χ1) is 8.74. The molecule has 18 heavy (non-hydrogen) atoms. The molecule has 2 aromatic carbocycles. The van der Waals surface area contributed by atoms with Gasteiger partial charge in [0.15, 0.2) is 0 Å². The van der Waals surface area contributed by atoms with Gasteiger partial charge in [0.2, 0.25) is 0 Å². The van der Waals surface area contributed by atoms with Crippen molar-refractivity contribution in [1.29, 1.82) is 0 Å². The molecule has 2 aromatic rings. The van der Waals surface area contributed by atoms with Gasteiger partial charge < -0.3 is 10.2 Å². The van der Waals surface area contributed by atoms with Gasteiger partial charge in [-0.25, -0.2) is 0 Å². The minimum Gasteiger partial charge on any atom is -0.508 e. The zero-order valence-electron chi connectivity index (χ0n) is 9.56. The van der Waals surface area contributed by atoms with Gasteiger partial charge in [0.1, 0.15) is 11.5 Å². The summed E-state index contributed by atoms with van der Waals surface area (Å²) in [6, 6.07) is 13.5. The standard InChI is InChI=1S/C14H12N2O2/c17-13-5-1-3-11(7-13)9-15-16-10-12-4-2-6-14(18)8-12/h1-10,17-18H/b15-9-,16-10+. The molecule has 0 amide bonds. The highest BCUT2D eigenvalue weighted by atomic mass is 16.3. The molecule has 0 spiro atoms. The van der Waals surface area contributed by atoms with Crippen molar-refractivity contribution >= 4 is 12.4 Å². The molecule has 0 fully saturated rings. The minimum absolute atomic E-state index is 0.191. The van der Waals surface area contributed by atoms with Gasteiger partial charge in [-0.15, -0.1) is 0 Å². The van der Waals surface area contributed by atoms with Crippen LogP contribution in [-0.2, 0) is 0 Å². The van der Waals surface area contributed by atoms with Crippen molar-refractivity contribution in [3.63, 3.8) is 0 Å². The maximum Gasteiger partial charge on any atom is 0.116 e. The van der Waals surface area contributed by atoms with Crippen molar-refractivity contribution in [2.24, 2.45) is 10.2 Å². The number of nitrogens with zero attached hydrogens (tertiary/aromatic N) is 2. The van der Waals surface area contributed by atoms with E-state index in [9.17, 15) is 10.2 Å². The van der Waals surface area contributed by atoms with Gasteiger partial charge in [0, 0.05) is 0 Å². The molecule has 2 N–H and O–H groups in total. The summed E-state index contributed by atoms with van der Waals surface area (Å²) < 4.78 is 0. The number of phenols is 2. The Morgan fingerprint density at radius 2 is 1.17 bits per heavy atom. The van der Waals surface area contributed by atoms with Crippen LogP contribution in [0, 0.1) is 0 Å². The van der Waals surface area contributed by atoms with Gasteiger partial charge in [-0.05, 0) is 35.4 Å². The average molecular weight is 240 g/mol. The third kappa shape index (κ3) is 3.45. The molecule has 0 aliphatic rings. The van der Waals surface area contributed by atoms with Crippen molar-refractivity contribution < 1.29 is 10.2 Å². The maximum atomic E-state index is 9.25. The maximum absolute atomic E-state index is 9.25. The van der Waals surface area contributed by atoms with Crippen LogP contribution in [0.25, 0.3) is 0 Å². The second-order valence-electron chi connectivity index (χ2n) is 3.68. The van der Waals surface area contributed by atoms with Crippen LogP contribution in [0.5, 0.6) is 11.5 Å². The molecule has 0 saturated heterocycles. The van der Waals surface area contributed by atoms with Gasteiger partial charge in [0.25, 0.3) is 0 Å². The predicted octanol–water partition coefficient (Wildman–Crippen LogP) is 2.55. The van der Waals surface area contributed by atoms with Crippen LogP contribution in [0.15, 0.2) is 58.7 Å². The summed E-state index contributed by atoms with van der Waals surface area (Å²) in [6.45, 7) is 0. The van der Waals surface area contributed by atoms with E-state index in [2.05, 4.69) is 10.2 Å². The lowest BCUT2D eigenvalue weighted by atomic mass is 10.2. The Morgan fingerprint density at radius 1 is 0.722 bits per heavy atom. The third-order valence-corrected chi connectivity index (χ3v) is 2.22. The zero-order valence-corrected chi connectivity index (χ0v) is 9.56. The molecule has 0 atom stereocenters. The van der Waals surface area contributed by atoms with Crippen LogP contribution in [0.2, 0.25) is 0 Å². The molecule has 4 heteroatoms. The normalized spacial score (nSPS) is 11.3. The fourth-order valence-corrected chi connectivity index (χ4v) is 1.41. The lowest BCUT2D eigenvalue weighted by molar-refractivity contribution is 0.474. The van der Waals surface area contributed by atoms with Crippen molar-refractivity contribution in [3.05, 3.63) is 59.7 Å². The van der Waals surface area contributed by atoms with E-state index >= 15 is 0 Å². The van der Waals surface area contributed by atoms with E-state index in [-0.39, 0.29) is 11.5 Å². The van der Waals surface area contributed by atoms with Crippen LogP contribution in [-0.4, -0.2) is 22.6 Å². The van der Waals surface area contributed by atoms with E-state index in [1.807, 2.05) is 12.1 Å². The van der Waals surface area contributed by atoms with E-state index in [0.717, 1.165) is 11.1 Å². The number of hydrogen-bond donors (Lipinski definition) is 2. The van der Waals surface area contributed by atoms with Crippen molar-refractivity contribution in [2.75, 3.05) is 0 Å². The Hall–Kier alpha value is -2.62. The molecule has 0 radical (unpaired) electrons. The van der Waals surface area contributed by atoms with Gasteiger partial charge in [0.05, 0.1) is 12.4 Å². The highest BCUT2D eigenvalue weighted by Crippen LogP contribution is 2.10. The smallest absolute Gasteiger partial charge is 0.116 e. The number of benzene rings is 2. The Kier molecular flexibility index (Phi) is 3.71. The van der Waals surface area contributed by atoms with Crippen molar-refractivity contribution in [3.8, 4) is 11.5 Å². The number of aromatic hydroxyl groups is 2. The first-order valence-electron chi connectivity index (χ1n) is 5.38. The fraction of sp³-hybridized carbons (Fsp3) is 0. The SMILES string of the molecule is Oc1cccc(/C=N\N=C\c2cccc(O)c2)c1. The lowest BCUT2D eigenvalue weighted by Gasteiger charge is -1.93. The molecule has 0 aliphatic heterocycles. The molecule has 4 nitrogen and oxygen atoms in total. The minimum atomic E-state index is 0.191. The lowest BCUT2D eigenvalue weighted by Crippen LogP contribution is -1.81. The number of rotatable bonds is 3. The van der Waals surface area contributed by atoms with Crippen LogP contribution in [0.4, 0.5) is 0 Å². The summed E-state index contributed by atoms with van der Waals surface area (Å²) in [7, 11) is 0. The second kappa shape index (κ2) is 5.63. The number of phenolic OH excluding ortho intramolecular Hbond substituents is 2. The first kappa shape index (κ1) is 11.9. The molecule has 0 aliphatic carbocycles. The summed E-state index contributed by atoms with van der Waals surface area (Å²) in [5, 5.41) is 26.2. The first-order valence-corrected chi connectivity index (χ1v) is 5.38. The summed E-state index contributed by atoms with van der Waals surface area (Å²) in [5.74, 6) is 0.381. The average Bonchev–Trinajstić information content (AvgIpc) is 2.35. The van der Waals surface area contributed by atoms with Gasteiger partial charge in [-0.2, -0.15) is 10.2 Å². The molecular formula is C14H12N2O2. The van der Waals surface area contributed by atoms with Crippen LogP contribution in [0.1, 0.15) is 11.1 Å². The van der Waals surface area contributed by atoms with Crippen LogP contribution < -0.4 is 0 Å². The van der Waals surface area contributed by atoms with E-state index < -0.39 is 0 Å². The Labute approximate surface area is 105 Å². The molecule has 90 valence electrons. The van der Waals surface area contributed by atoms with Gasteiger partial charge >= 0.3 is 0 Å². The van der Waals surface area contributed by atoms with Crippen LogP contribution >= 0.6 is 0 Å². The quantitative estimate of drug-likeness (QED) is 0.639. The van der Waals surface area contributed by atoms with E-state index in [1.165, 1.54) is 0 Å². The highest BCUT2D eigenvalue weighted by molar-refractivity contribution is 5.83. The molecule has 0 aromatic heterocycles. The monoisotopic (exact) mass is 240 g/mol. The molecule has 0 unspecified atom stereocenters. The van der Waals surface area contributed by atoms with Crippen molar-refractivity contribution in [1.82, 2.24) is 0 Å². The Morgan fingerprint density at radius 3 is 1.56 bits per heavy atom. The fourth-order valence-electron chi connectivity index (χ4n) is 1.41. The largest absolute Gasteiger partial charge is 0.508 e. The van der Waals surface area contributed by atoms with Crippen molar-refractivity contribution in [2.45, 2.75) is 0 Å². The summed E-state index contributed by atoms with van der Waals surface area (Å²) in [5.41, 5.74) is 1.53. The second-order valence-corrected chi connectivity index (χ2v) is 3.68. The predicted molar refractivity (Wildman–Crippen MR) is 71.4 cm³/mol. The molecule has 2 rings (SSSR count). The van der Waals surface area contributed by atoms with E-state index in [0.29, 0.717) is 0 Å².